The number of carboxylic acids is 1. The Hall–Kier alpha value is -0.950. The minimum absolute atomic E-state index is 0.0140. The Labute approximate surface area is 127 Å². The SMILES string of the molecule is O=C(O)CC1CCCN1C(=O)c1ncc(Br)cc1Br. The van der Waals surface area contributed by atoms with Crippen molar-refractivity contribution in [1.29, 1.82) is 0 Å². The number of likely N-dealkylation sites (tertiary alicyclic amines) is 1. The highest BCUT2D eigenvalue weighted by atomic mass is 79.9. The van der Waals surface area contributed by atoms with Gasteiger partial charge in [0, 0.05) is 23.3 Å². The van der Waals surface area contributed by atoms with E-state index in [2.05, 4.69) is 36.8 Å². The van der Waals surface area contributed by atoms with Crippen molar-refractivity contribution in [2.24, 2.45) is 0 Å². The van der Waals surface area contributed by atoms with Gasteiger partial charge in [-0.2, -0.15) is 0 Å². The van der Waals surface area contributed by atoms with E-state index in [-0.39, 0.29) is 18.4 Å². The van der Waals surface area contributed by atoms with Gasteiger partial charge in [-0.05, 0) is 50.8 Å². The lowest BCUT2D eigenvalue weighted by Gasteiger charge is -2.23. The molecule has 1 aromatic rings. The van der Waals surface area contributed by atoms with Crippen molar-refractivity contribution < 1.29 is 14.7 Å². The summed E-state index contributed by atoms with van der Waals surface area (Å²) < 4.78 is 1.38. The number of carbonyl (C=O) groups excluding carboxylic acids is 1. The first kappa shape index (κ1) is 14.5. The molecular weight excluding hydrogens is 380 g/mol. The summed E-state index contributed by atoms with van der Waals surface area (Å²) in [6.45, 7) is 0.584. The molecule has 2 rings (SSSR count). The Morgan fingerprint density at radius 3 is 2.84 bits per heavy atom. The van der Waals surface area contributed by atoms with Crippen LogP contribution in [0.4, 0.5) is 0 Å². The van der Waals surface area contributed by atoms with E-state index in [1.807, 2.05) is 0 Å². The Kier molecular flexibility index (Phi) is 4.57. The third-order valence-electron chi connectivity index (χ3n) is 3.06. The Morgan fingerprint density at radius 2 is 2.21 bits per heavy atom. The van der Waals surface area contributed by atoms with E-state index in [9.17, 15) is 9.59 Å². The van der Waals surface area contributed by atoms with Gasteiger partial charge in [-0.1, -0.05) is 0 Å². The summed E-state index contributed by atoms with van der Waals surface area (Å²) >= 11 is 6.59. The zero-order chi connectivity index (χ0) is 14.0. The fourth-order valence-electron chi connectivity index (χ4n) is 2.22. The summed E-state index contributed by atoms with van der Waals surface area (Å²) in [7, 11) is 0. The predicted octanol–water partition coefficient (Wildman–Crippen LogP) is 2.69. The zero-order valence-electron chi connectivity index (χ0n) is 9.97. The van der Waals surface area contributed by atoms with Gasteiger partial charge in [0.05, 0.1) is 10.9 Å². The molecule has 1 aliphatic heterocycles. The Morgan fingerprint density at radius 1 is 1.47 bits per heavy atom. The normalized spacial score (nSPS) is 18.6. The maximum absolute atomic E-state index is 12.4. The molecule has 1 fully saturated rings. The van der Waals surface area contributed by atoms with E-state index in [1.54, 1.807) is 17.2 Å². The minimum Gasteiger partial charge on any atom is -0.481 e. The molecule has 19 heavy (non-hydrogen) atoms. The molecule has 0 spiro atoms. The molecule has 0 aliphatic carbocycles. The fraction of sp³-hybridized carbons (Fsp3) is 0.417. The number of pyridine rings is 1. The fourth-order valence-corrected chi connectivity index (χ4v) is 3.38. The summed E-state index contributed by atoms with van der Waals surface area (Å²) in [5.74, 6) is -1.10. The van der Waals surface area contributed by atoms with Crippen LogP contribution in [0.1, 0.15) is 29.8 Å². The second-order valence-electron chi connectivity index (χ2n) is 4.38. The summed E-state index contributed by atoms with van der Waals surface area (Å²) in [6.07, 6.45) is 3.10. The first-order chi connectivity index (χ1) is 8.99. The van der Waals surface area contributed by atoms with Crippen molar-refractivity contribution in [3.63, 3.8) is 0 Å². The molecule has 102 valence electrons. The maximum Gasteiger partial charge on any atom is 0.305 e. The number of hydrogen-bond acceptors (Lipinski definition) is 3. The molecular formula is C12H12Br2N2O3. The van der Waals surface area contributed by atoms with Crippen LogP contribution in [0.25, 0.3) is 0 Å². The lowest BCUT2D eigenvalue weighted by Crippen LogP contribution is -2.37. The molecule has 0 saturated carbocycles. The highest BCUT2D eigenvalue weighted by Gasteiger charge is 2.32. The van der Waals surface area contributed by atoms with E-state index in [4.69, 9.17) is 5.11 Å². The van der Waals surface area contributed by atoms with E-state index in [0.717, 1.165) is 17.3 Å². The van der Waals surface area contributed by atoms with E-state index < -0.39 is 5.97 Å². The van der Waals surface area contributed by atoms with Gasteiger partial charge in [0.2, 0.25) is 0 Å². The van der Waals surface area contributed by atoms with Gasteiger partial charge in [-0.15, -0.1) is 0 Å². The summed E-state index contributed by atoms with van der Waals surface area (Å²) in [5.41, 5.74) is 0.320. The van der Waals surface area contributed by atoms with Crippen LogP contribution in [0.15, 0.2) is 21.2 Å². The molecule has 1 aliphatic rings. The summed E-state index contributed by atoms with van der Waals surface area (Å²) in [5, 5.41) is 8.87. The van der Waals surface area contributed by atoms with Gasteiger partial charge in [0.15, 0.2) is 0 Å². The topological polar surface area (TPSA) is 70.5 Å². The monoisotopic (exact) mass is 390 g/mol. The molecule has 1 atom stereocenters. The van der Waals surface area contributed by atoms with Crippen molar-refractivity contribution >= 4 is 43.7 Å². The summed E-state index contributed by atoms with van der Waals surface area (Å²) in [6, 6.07) is 1.52. The van der Waals surface area contributed by atoms with Crippen LogP contribution in [0.5, 0.6) is 0 Å². The van der Waals surface area contributed by atoms with Crippen LogP contribution in [-0.2, 0) is 4.79 Å². The molecule has 1 amide bonds. The van der Waals surface area contributed by atoms with Gasteiger partial charge in [-0.25, -0.2) is 4.98 Å². The van der Waals surface area contributed by atoms with Crippen LogP contribution >= 0.6 is 31.9 Å². The molecule has 0 radical (unpaired) electrons. The average Bonchev–Trinajstić information content (AvgIpc) is 2.75. The second kappa shape index (κ2) is 6.00. The summed E-state index contributed by atoms with van der Waals surface area (Å²) in [4.78, 5) is 28.9. The lowest BCUT2D eigenvalue weighted by molar-refractivity contribution is -0.137. The molecule has 5 nitrogen and oxygen atoms in total. The number of amides is 1. The van der Waals surface area contributed by atoms with E-state index >= 15 is 0 Å². The third kappa shape index (κ3) is 3.33. The highest BCUT2D eigenvalue weighted by Crippen LogP contribution is 2.26. The number of rotatable bonds is 3. The van der Waals surface area contributed by atoms with Gasteiger partial charge < -0.3 is 10.0 Å². The van der Waals surface area contributed by atoms with Crippen molar-refractivity contribution in [3.8, 4) is 0 Å². The number of nitrogens with zero attached hydrogens (tertiary/aromatic N) is 2. The van der Waals surface area contributed by atoms with Gasteiger partial charge in [0.1, 0.15) is 5.69 Å². The van der Waals surface area contributed by atoms with Crippen molar-refractivity contribution in [1.82, 2.24) is 9.88 Å². The van der Waals surface area contributed by atoms with Crippen molar-refractivity contribution in [2.45, 2.75) is 25.3 Å². The molecule has 1 saturated heterocycles. The largest absolute Gasteiger partial charge is 0.481 e. The quantitative estimate of drug-likeness (QED) is 0.859. The van der Waals surface area contributed by atoms with Crippen LogP contribution in [0.3, 0.4) is 0 Å². The molecule has 2 heterocycles. The predicted molar refractivity (Wildman–Crippen MR) is 75.9 cm³/mol. The smallest absolute Gasteiger partial charge is 0.305 e. The number of hydrogen-bond donors (Lipinski definition) is 1. The van der Waals surface area contributed by atoms with Crippen LogP contribution in [0.2, 0.25) is 0 Å². The molecule has 1 unspecified atom stereocenters. The Balaban J connectivity index is 2.20. The van der Waals surface area contributed by atoms with E-state index in [1.165, 1.54) is 0 Å². The first-order valence-corrected chi connectivity index (χ1v) is 7.41. The van der Waals surface area contributed by atoms with Crippen molar-refractivity contribution in [2.75, 3.05) is 6.54 Å². The van der Waals surface area contributed by atoms with Crippen LogP contribution < -0.4 is 0 Å². The maximum atomic E-state index is 12.4. The third-order valence-corrected chi connectivity index (χ3v) is 4.10. The lowest BCUT2D eigenvalue weighted by atomic mass is 10.1. The number of carboxylic acid groups (broad SMARTS) is 1. The molecule has 1 N–H and O–H groups in total. The number of aromatic nitrogens is 1. The molecule has 1 aromatic heterocycles. The number of halogens is 2. The van der Waals surface area contributed by atoms with E-state index in [0.29, 0.717) is 16.7 Å². The minimum atomic E-state index is -0.882. The second-order valence-corrected chi connectivity index (χ2v) is 6.15. The Bertz CT molecular complexity index is 522. The standard InChI is InChI=1S/C12H12Br2N2O3/c13-7-4-9(14)11(15-6-7)12(19)16-3-1-2-8(16)5-10(17)18/h4,6,8H,1-3,5H2,(H,17,18). The molecule has 0 bridgehead atoms. The average molecular weight is 392 g/mol. The molecule has 0 aromatic carbocycles. The molecule has 7 heteroatoms. The number of carbonyl (C=O) groups is 2. The van der Waals surface area contributed by atoms with Gasteiger partial charge >= 0.3 is 5.97 Å². The van der Waals surface area contributed by atoms with Crippen LogP contribution in [0, 0.1) is 0 Å². The first-order valence-electron chi connectivity index (χ1n) is 5.83. The van der Waals surface area contributed by atoms with Gasteiger partial charge in [0.25, 0.3) is 5.91 Å². The number of aliphatic carboxylic acids is 1. The zero-order valence-corrected chi connectivity index (χ0v) is 13.1. The van der Waals surface area contributed by atoms with Crippen molar-refractivity contribution in [3.05, 3.63) is 26.9 Å². The van der Waals surface area contributed by atoms with Gasteiger partial charge in [-0.3, -0.25) is 9.59 Å². The van der Waals surface area contributed by atoms with Crippen LogP contribution in [-0.4, -0.2) is 39.5 Å². The highest BCUT2D eigenvalue weighted by molar-refractivity contribution is 9.11.